The number of carbonyl (C=O) groups excluding carboxylic acids is 1. The number of hydrogen-bond acceptors (Lipinski definition) is 1. The lowest BCUT2D eigenvalue weighted by molar-refractivity contribution is 0.112. The predicted octanol–water partition coefficient (Wildman–Crippen LogP) is 4.28. The molecule has 0 unspecified atom stereocenters. The highest BCUT2D eigenvalue weighted by molar-refractivity contribution is 5.78. The van der Waals surface area contributed by atoms with Crippen LogP contribution in [0.25, 0.3) is 5.57 Å². The van der Waals surface area contributed by atoms with Crippen molar-refractivity contribution in [3.8, 4) is 0 Å². The lowest BCUT2D eigenvalue weighted by Gasteiger charge is -1.99. The molecule has 0 aromatic heterocycles. The Morgan fingerprint density at radius 3 is 2.19 bits per heavy atom. The highest BCUT2D eigenvalue weighted by atomic mass is 16.1. The summed E-state index contributed by atoms with van der Waals surface area (Å²) in [7, 11) is 0. The van der Waals surface area contributed by atoms with E-state index in [1.807, 2.05) is 38.1 Å². The Morgan fingerprint density at radius 2 is 1.75 bits per heavy atom. The lowest BCUT2D eigenvalue weighted by atomic mass is 10.1. The lowest BCUT2D eigenvalue weighted by Crippen LogP contribution is -1.82. The fraction of sp³-hybridized carbons (Fsp3) is 0.133. The van der Waals surface area contributed by atoms with Crippen LogP contribution in [0.2, 0.25) is 0 Å². The average Bonchev–Trinajstić information content (AvgIpc) is 2.38. The maximum Gasteiger partial charge on any atom is 0.150 e. The van der Waals surface area contributed by atoms with Crippen molar-refractivity contribution in [3.63, 3.8) is 0 Å². The minimum atomic E-state index is 0.675. The molecule has 0 aliphatic rings. The molecular formula is C15H18O. The maximum atomic E-state index is 10.4. The van der Waals surface area contributed by atoms with Gasteiger partial charge in [0, 0.05) is 5.56 Å². The van der Waals surface area contributed by atoms with Crippen LogP contribution in [0.15, 0.2) is 55.7 Å². The minimum Gasteiger partial charge on any atom is -0.298 e. The molecule has 1 aromatic rings. The standard InChI is InChI=1S/C13H12O.C2H6/c1-3-4-5-11(2)13-8-6-12(10-14)7-9-13;1-2/h3-10H,1-2H2;1-2H3/b5-4-;. The van der Waals surface area contributed by atoms with E-state index in [0.717, 1.165) is 17.4 Å². The average molecular weight is 214 g/mol. The zero-order valence-electron chi connectivity index (χ0n) is 9.94. The monoisotopic (exact) mass is 214 g/mol. The zero-order valence-corrected chi connectivity index (χ0v) is 9.94. The molecule has 0 aliphatic heterocycles. The van der Waals surface area contributed by atoms with Crippen LogP contribution in [-0.2, 0) is 0 Å². The molecule has 1 heteroatoms. The van der Waals surface area contributed by atoms with Gasteiger partial charge in [0.25, 0.3) is 0 Å². The van der Waals surface area contributed by atoms with Crippen molar-refractivity contribution < 1.29 is 4.79 Å². The second-order valence-electron chi connectivity index (χ2n) is 2.86. The van der Waals surface area contributed by atoms with Gasteiger partial charge in [0.05, 0.1) is 0 Å². The summed E-state index contributed by atoms with van der Waals surface area (Å²) in [5.41, 5.74) is 2.59. The summed E-state index contributed by atoms with van der Waals surface area (Å²) in [6.07, 6.45) is 6.23. The van der Waals surface area contributed by atoms with Crippen molar-refractivity contribution in [2.45, 2.75) is 13.8 Å². The van der Waals surface area contributed by atoms with Gasteiger partial charge >= 0.3 is 0 Å². The summed E-state index contributed by atoms with van der Waals surface area (Å²) in [5, 5.41) is 0. The minimum absolute atomic E-state index is 0.675. The van der Waals surface area contributed by atoms with Gasteiger partial charge < -0.3 is 0 Å². The van der Waals surface area contributed by atoms with Crippen molar-refractivity contribution >= 4 is 11.9 Å². The van der Waals surface area contributed by atoms with Gasteiger partial charge in [0.1, 0.15) is 6.29 Å². The molecule has 0 saturated heterocycles. The molecule has 0 radical (unpaired) electrons. The smallest absolute Gasteiger partial charge is 0.150 e. The van der Waals surface area contributed by atoms with Crippen LogP contribution in [0.3, 0.4) is 0 Å². The molecule has 1 rings (SSSR count). The van der Waals surface area contributed by atoms with E-state index in [1.54, 1.807) is 18.2 Å². The number of hydrogen-bond donors (Lipinski definition) is 0. The number of rotatable bonds is 4. The number of aldehydes is 1. The number of allylic oxidation sites excluding steroid dienone is 4. The van der Waals surface area contributed by atoms with Gasteiger partial charge in [-0.05, 0) is 11.1 Å². The van der Waals surface area contributed by atoms with Crippen molar-refractivity contribution in [3.05, 3.63) is 66.8 Å². The first-order valence-corrected chi connectivity index (χ1v) is 5.31. The maximum absolute atomic E-state index is 10.4. The third-order valence-corrected chi connectivity index (χ3v) is 1.85. The first kappa shape index (κ1) is 14.1. The van der Waals surface area contributed by atoms with E-state index < -0.39 is 0 Å². The molecule has 0 saturated carbocycles. The van der Waals surface area contributed by atoms with Crippen LogP contribution < -0.4 is 0 Å². The molecule has 0 spiro atoms. The van der Waals surface area contributed by atoms with Gasteiger partial charge in [-0.1, -0.05) is 69.5 Å². The largest absolute Gasteiger partial charge is 0.298 e. The molecule has 0 aliphatic carbocycles. The van der Waals surface area contributed by atoms with Crippen molar-refractivity contribution in [1.29, 1.82) is 0 Å². The summed E-state index contributed by atoms with van der Waals surface area (Å²) in [6, 6.07) is 7.30. The first-order valence-electron chi connectivity index (χ1n) is 5.31. The van der Waals surface area contributed by atoms with E-state index >= 15 is 0 Å². The summed E-state index contributed by atoms with van der Waals surface area (Å²) in [4.78, 5) is 10.4. The third-order valence-electron chi connectivity index (χ3n) is 1.85. The second kappa shape index (κ2) is 8.42. The topological polar surface area (TPSA) is 17.1 Å². The van der Waals surface area contributed by atoms with Gasteiger partial charge in [-0.2, -0.15) is 0 Å². The molecule has 84 valence electrons. The fourth-order valence-corrected chi connectivity index (χ4v) is 1.06. The van der Waals surface area contributed by atoms with E-state index in [2.05, 4.69) is 13.2 Å². The summed E-state index contributed by atoms with van der Waals surface area (Å²) < 4.78 is 0. The van der Waals surface area contributed by atoms with Gasteiger partial charge in [0.2, 0.25) is 0 Å². The van der Waals surface area contributed by atoms with Gasteiger partial charge in [0.15, 0.2) is 0 Å². The fourth-order valence-electron chi connectivity index (χ4n) is 1.06. The normalized spacial score (nSPS) is 9.12. The molecule has 1 aromatic carbocycles. The van der Waals surface area contributed by atoms with Crippen molar-refractivity contribution in [2.24, 2.45) is 0 Å². The highest BCUT2D eigenvalue weighted by Crippen LogP contribution is 2.13. The molecule has 0 fully saturated rings. The molecule has 0 N–H and O–H groups in total. The third kappa shape index (κ3) is 4.56. The van der Waals surface area contributed by atoms with Crippen LogP contribution in [-0.4, -0.2) is 6.29 Å². The Kier molecular flexibility index (Phi) is 7.43. The Morgan fingerprint density at radius 1 is 1.19 bits per heavy atom. The van der Waals surface area contributed by atoms with E-state index in [1.165, 1.54) is 0 Å². The molecule has 0 heterocycles. The second-order valence-corrected chi connectivity index (χ2v) is 2.86. The molecule has 16 heavy (non-hydrogen) atoms. The van der Waals surface area contributed by atoms with Crippen LogP contribution >= 0.6 is 0 Å². The van der Waals surface area contributed by atoms with Crippen LogP contribution in [0.4, 0.5) is 0 Å². The van der Waals surface area contributed by atoms with Crippen molar-refractivity contribution in [2.75, 3.05) is 0 Å². The quantitative estimate of drug-likeness (QED) is 0.540. The van der Waals surface area contributed by atoms with E-state index in [-0.39, 0.29) is 0 Å². The molecule has 0 bridgehead atoms. The summed E-state index contributed by atoms with van der Waals surface area (Å²) in [5.74, 6) is 0. The summed E-state index contributed by atoms with van der Waals surface area (Å²) >= 11 is 0. The number of benzene rings is 1. The Hall–Kier alpha value is -1.89. The molecule has 0 amide bonds. The predicted molar refractivity (Wildman–Crippen MR) is 71.5 cm³/mol. The Bertz CT molecular complexity index is 369. The number of carbonyl (C=O) groups is 1. The van der Waals surface area contributed by atoms with Gasteiger partial charge in [-0.15, -0.1) is 0 Å². The molecule has 0 atom stereocenters. The van der Waals surface area contributed by atoms with E-state index in [9.17, 15) is 4.79 Å². The SMILES string of the molecule is C=C/C=C\C(=C)c1ccc(C=O)cc1.CC. The highest BCUT2D eigenvalue weighted by Gasteiger charge is 1.94. The molecule has 1 nitrogen and oxygen atoms in total. The van der Waals surface area contributed by atoms with Crippen LogP contribution in [0, 0.1) is 0 Å². The van der Waals surface area contributed by atoms with Gasteiger partial charge in [-0.3, -0.25) is 4.79 Å². The zero-order chi connectivity index (χ0) is 12.4. The van der Waals surface area contributed by atoms with Gasteiger partial charge in [-0.25, -0.2) is 0 Å². The summed E-state index contributed by atoms with van der Waals surface area (Å²) in [6.45, 7) is 11.5. The first-order chi connectivity index (χ1) is 7.77. The van der Waals surface area contributed by atoms with Crippen molar-refractivity contribution in [1.82, 2.24) is 0 Å². The van der Waals surface area contributed by atoms with E-state index in [4.69, 9.17) is 0 Å². The Balaban J connectivity index is 0.00000106. The van der Waals surface area contributed by atoms with Crippen LogP contribution in [0.1, 0.15) is 29.8 Å². The van der Waals surface area contributed by atoms with E-state index in [0.29, 0.717) is 5.56 Å². The Labute approximate surface area is 97.8 Å². The van der Waals surface area contributed by atoms with Crippen LogP contribution in [0.5, 0.6) is 0 Å². The molecular weight excluding hydrogens is 196 g/mol.